The average Bonchev–Trinajstić information content (AvgIpc) is 2.72. The van der Waals surface area contributed by atoms with Gasteiger partial charge in [-0.2, -0.15) is 0 Å². The van der Waals surface area contributed by atoms with Crippen molar-refractivity contribution in [2.24, 2.45) is 5.73 Å². The summed E-state index contributed by atoms with van der Waals surface area (Å²) in [7, 11) is 0. The Labute approximate surface area is 93.8 Å². The lowest BCUT2D eigenvalue weighted by molar-refractivity contribution is -0.120. The van der Waals surface area contributed by atoms with Crippen LogP contribution < -0.4 is 11.1 Å². The molecule has 0 saturated carbocycles. The Kier molecular flexibility index (Phi) is 2.92. The second kappa shape index (κ2) is 4.37. The molecule has 4 heteroatoms. The number of nitrogens with two attached hydrogens (primary N) is 1. The fraction of sp³-hybridized carbons (Fsp3) is 0.250. The fourth-order valence-corrected chi connectivity index (χ4v) is 1.83. The molecule has 0 aliphatic carbocycles. The van der Waals surface area contributed by atoms with Crippen LogP contribution in [0.3, 0.4) is 0 Å². The van der Waals surface area contributed by atoms with Crippen LogP contribution in [-0.4, -0.2) is 17.4 Å². The lowest BCUT2D eigenvalue weighted by Crippen LogP contribution is -2.32. The zero-order valence-electron chi connectivity index (χ0n) is 9.16. The van der Waals surface area contributed by atoms with Gasteiger partial charge >= 0.3 is 0 Å². The van der Waals surface area contributed by atoms with E-state index in [1.54, 1.807) is 0 Å². The highest BCUT2D eigenvalue weighted by atomic mass is 16.1. The summed E-state index contributed by atoms with van der Waals surface area (Å²) < 4.78 is 0. The lowest BCUT2D eigenvalue weighted by atomic mass is 10.1. The Morgan fingerprint density at radius 1 is 1.50 bits per heavy atom. The standard InChI is InChI=1S/C12H15N3O/c1-8(15-12(16)6-13)10-7-14-11-5-3-2-4-9(10)11/h2-5,7-8,14H,6,13H2,1H3,(H,15,16). The zero-order chi connectivity index (χ0) is 11.5. The number of para-hydroxylation sites is 1. The highest BCUT2D eigenvalue weighted by molar-refractivity contribution is 5.85. The summed E-state index contributed by atoms with van der Waals surface area (Å²) >= 11 is 0. The van der Waals surface area contributed by atoms with Crippen LogP contribution in [0, 0.1) is 0 Å². The van der Waals surface area contributed by atoms with E-state index < -0.39 is 0 Å². The molecule has 0 spiro atoms. The minimum absolute atomic E-state index is 0.0205. The average molecular weight is 217 g/mol. The van der Waals surface area contributed by atoms with Gasteiger partial charge in [-0.1, -0.05) is 18.2 Å². The van der Waals surface area contributed by atoms with E-state index in [0.29, 0.717) is 0 Å². The van der Waals surface area contributed by atoms with Gasteiger partial charge in [0.05, 0.1) is 12.6 Å². The lowest BCUT2D eigenvalue weighted by Gasteiger charge is -2.12. The predicted molar refractivity (Wildman–Crippen MR) is 63.9 cm³/mol. The van der Waals surface area contributed by atoms with Crippen LogP contribution in [0.5, 0.6) is 0 Å². The summed E-state index contributed by atoms with van der Waals surface area (Å²) in [5.74, 6) is -0.141. The van der Waals surface area contributed by atoms with Crippen LogP contribution >= 0.6 is 0 Å². The Hall–Kier alpha value is -1.81. The molecule has 1 aromatic heterocycles. The van der Waals surface area contributed by atoms with E-state index in [4.69, 9.17) is 5.73 Å². The van der Waals surface area contributed by atoms with Gasteiger partial charge in [-0.3, -0.25) is 4.79 Å². The van der Waals surface area contributed by atoms with Crippen molar-refractivity contribution < 1.29 is 4.79 Å². The monoisotopic (exact) mass is 217 g/mol. The van der Waals surface area contributed by atoms with E-state index in [9.17, 15) is 4.79 Å². The fourth-order valence-electron chi connectivity index (χ4n) is 1.83. The molecule has 4 nitrogen and oxygen atoms in total. The van der Waals surface area contributed by atoms with Crippen molar-refractivity contribution in [3.63, 3.8) is 0 Å². The molecular formula is C12H15N3O. The Morgan fingerprint density at radius 2 is 2.25 bits per heavy atom. The summed E-state index contributed by atoms with van der Waals surface area (Å²) in [5.41, 5.74) is 7.42. The maximum Gasteiger partial charge on any atom is 0.234 e. The number of amides is 1. The van der Waals surface area contributed by atoms with Crippen LogP contribution in [0.25, 0.3) is 10.9 Å². The van der Waals surface area contributed by atoms with E-state index in [1.165, 1.54) is 0 Å². The van der Waals surface area contributed by atoms with Gasteiger partial charge in [0.1, 0.15) is 0 Å². The molecule has 0 fully saturated rings. The summed E-state index contributed by atoms with van der Waals surface area (Å²) in [4.78, 5) is 14.4. The van der Waals surface area contributed by atoms with Crippen molar-refractivity contribution in [3.8, 4) is 0 Å². The molecule has 0 saturated heterocycles. The predicted octanol–water partition coefficient (Wildman–Crippen LogP) is 1.30. The minimum Gasteiger partial charge on any atom is -0.361 e. The first-order valence-corrected chi connectivity index (χ1v) is 5.28. The SMILES string of the molecule is CC(NC(=O)CN)c1c[nH]c2ccccc12. The molecule has 16 heavy (non-hydrogen) atoms. The van der Waals surface area contributed by atoms with Gasteiger partial charge in [0.2, 0.25) is 5.91 Å². The van der Waals surface area contributed by atoms with Crippen molar-refractivity contribution >= 4 is 16.8 Å². The Morgan fingerprint density at radius 3 is 3.00 bits per heavy atom. The van der Waals surface area contributed by atoms with E-state index in [-0.39, 0.29) is 18.5 Å². The van der Waals surface area contributed by atoms with Crippen LogP contribution in [0.4, 0.5) is 0 Å². The van der Waals surface area contributed by atoms with Gasteiger partial charge in [-0.15, -0.1) is 0 Å². The number of rotatable bonds is 3. The van der Waals surface area contributed by atoms with Crippen molar-refractivity contribution in [1.82, 2.24) is 10.3 Å². The van der Waals surface area contributed by atoms with Gasteiger partial charge in [0.15, 0.2) is 0 Å². The van der Waals surface area contributed by atoms with Gasteiger partial charge in [0.25, 0.3) is 0 Å². The number of carbonyl (C=O) groups is 1. The number of aromatic nitrogens is 1. The molecule has 0 radical (unpaired) electrons. The Balaban J connectivity index is 2.29. The number of carbonyl (C=O) groups excluding carboxylic acids is 1. The smallest absolute Gasteiger partial charge is 0.234 e. The van der Waals surface area contributed by atoms with Gasteiger partial charge in [0, 0.05) is 17.1 Å². The molecule has 1 atom stereocenters. The summed E-state index contributed by atoms with van der Waals surface area (Å²) in [6.07, 6.45) is 1.92. The molecule has 0 bridgehead atoms. The third-order valence-corrected chi connectivity index (χ3v) is 2.65. The van der Waals surface area contributed by atoms with Crippen LogP contribution in [0.15, 0.2) is 30.5 Å². The van der Waals surface area contributed by atoms with Gasteiger partial charge in [-0.05, 0) is 18.6 Å². The summed E-state index contributed by atoms with van der Waals surface area (Å²) in [5, 5.41) is 3.97. The number of hydrogen-bond donors (Lipinski definition) is 3. The highest BCUT2D eigenvalue weighted by Gasteiger charge is 2.12. The second-order valence-electron chi connectivity index (χ2n) is 3.78. The van der Waals surface area contributed by atoms with Gasteiger partial charge < -0.3 is 16.0 Å². The molecule has 0 aliphatic heterocycles. The van der Waals surface area contributed by atoms with Gasteiger partial charge in [-0.25, -0.2) is 0 Å². The maximum absolute atomic E-state index is 11.2. The molecule has 1 amide bonds. The number of aromatic amines is 1. The third-order valence-electron chi connectivity index (χ3n) is 2.65. The molecule has 2 rings (SSSR count). The van der Waals surface area contributed by atoms with Crippen LogP contribution in [-0.2, 0) is 4.79 Å². The van der Waals surface area contributed by atoms with E-state index in [2.05, 4.69) is 10.3 Å². The normalized spacial score (nSPS) is 12.6. The van der Waals surface area contributed by atoms with E-state index in [1.807, 2.05) is 37.4 Å². The van der Waals surface area contributed by atoms with E-state index in [0.717, 1.165) is 16.5 Å². The third kappa shape index (κ3) is 1.92. The number of H-pyrrole nitrogens is 1. The first-order chi connectivity index (χ1) is 7.72. The molecule has 1 unspecified atom stereocenters. The van der Waals surface area contributed by atoms with Crippen molar-refractivity contribution in [2.45, 2.75) is 13.0 Å². The van der Waals surface area contributed by atoms with E-state index >= 15 is 0 Å². The summed E-state index contributed by atoms with van der Waals surface area (Å²) in [6.45, 7) is 1.97. The first kappa shape index (κ1) is 10.7. The molecular weight excluding hydrogens is 202 g/mol. The van der Waals surface area contributed by atoms with Crippen molar-refractivity contribution in [1.29, 1.82) is 0 Å². The molecule has 1 heterocycles. The topological polar surface area (TPSA) is 70.9 Å². The first-order valence-electron chi connectivity index (χ1n) is 5.28. The summed E-state index contributed by atoms with van der Waals surface area (Å²) in [6, 6.07) is 7.97. The molecule has 1 aromatic carbocycles. The minimum atomic E-state index is -0.141. The van der Waals surface area contributed by atoms with Crippen molar-refractivity contribution in [2.75, 3.05) is 6.54 Å². The molecule has 84 valence electrons. The number of nitrogens with one attached hydrogen (secondary N) is 2. The van der Waals surface area contributed by atoms with Crippen LogP contribution in [0.1, 0.15) is 18.5 Å². The largest absolute Gasteiger partial charge is 0.361 e. The highest BCUT2D eigenvalue weighted by Crippen LogP contribution is 2.23. The molecule has 4 N–H and O–H groups in total. The number of fused-ring (bicyclic) bond motifs is 1. The quantitative estimate of drug-likeness (QED) is 0.725. The number of benzene rings is 1. The molecule has 2 aromatic rings. The Bertz CT molecular complexity index is 504. The number of hydrogen-bond acceptors (Lipinski definition) is 2. The zero-order valence-corrected chi connectivity index (χ0v) is 9.16. The van der Waals surface area contributed by atoms with Crippen molar-refractivity contribution in [3.05, 3.63) is 36.0 Å². The molecule has 0 aliphatic rings. The maximum atomic E-state index is 11.2. The van der Waals surface area contributed by atoms with Crippen LogP contribution in [0.2, 0.25) is 0 Å². The second-order valence-corrected chi connectivity index (χ2v) is 3.78.